The van der Waals surface area contributed by atoms with E-state index in [1.807, 2.05) is 17.5 Å². The summed E-state index contributed by atoms with van der Waals surface area (Å²) in [6.07, 6.45) is 10.3. The Morgan fingerprint density at radius 3 is 1.92 bits per heavy atom. The van der Waals surface area contributed by atoms with E-state index in [4.69, 9.17) is 0 Å². The largest absolute Gasteiger partial charge is 0.274 e. The highest BCUT2D eigenvalue weighted by atomic mass is 32.1. The SMILES string of the molecule is O=C1C2C(C(=O)N1c1nccs1)C1c3ccccc3C2C2C=CC=CC21. The second kappa shape index (κ2) is 5.01. The summed E-state index contributed by atoms with van der Waals surface area (Å²) in [4.78, 5) is 32.3. The lowest BCUT2D eigenvalue weighted by atomic mass is 9.48. The fourth-order valence-electron chi connectivity index (χ4n) is 5.74. The van der Waals surface area contributed by atoms with E-state index in [0.29, 0.717) is 5.13 Å². The summed E-state index contributed by atoms with van der Waals surface area (Å²) >= 11 is 1.35. The molecule has 1 aromatic heterocycles. The van der Waals surface area contributed by atoms with Crippen LogP contribution in [-0.2, 0) is 9.59 Å². The Balaban J connectivity index is 1.57. The molecule has 6 unspecified atom stereocenters. The zero-order valence-corrected chi connectivity index (χ0v) is 14.7. The molecule has 0 N–H and O–H groups in total. The minimum atomic E-state index is -0.274. The maximum atomic E-state index is 13.4. The summed E-state index contributed by atoms with van der Waals surface area (Å²) in [5, 5.41) is 2.32. The molecule has 5 heteroatoms. The third kappa shape index (κ3) is 1.62. The first-order valence-corrected chi connectivity index (χ1v) is 9.86. The van der Waals surface area contributed by atoms with E-state index in [1.165, 1.54) is 27.4 Å². The van der Waals surface area contributed by atoms with Crippen LogP contribution in [0.4, 0.5) is 5.13 Å². The van der Waals surface area contributed by atoms with Gasteiger partial charge in [0.1, 0.15) is 0 Å². The molecule has 2 amide bonds. The number of allylic oxidation sites excluding steroid dienone is 4. The number of carbonyl (C=O) groups is 2. The van der Waals surface area contributed by atoms with Crippen molar-refractivity contribution in [3.05, 3.63) is 71.3 Å². The Morgan fingerprint density at radius 1 is 0.846 bits per heavy atom. The maximum absolute atomic E-state index is 13.4. The van der Waals surface area contributed by atoms with Crippen LogP contribution in [0.5, 0.6) is 0 Å². The van der Waals surface area contributed by atoms with E-state index in [0.717, 1.165) is 0 Å². The standard InChI is InChI=1S/C21H16N2O2S/c24-19-17-15-11-5-1-2-6-12(11)16(14-8-4-3-7-13(14)15)18(17)20(25)23(19)21-22-9-10-26-21/h1-12,15-18H. The number of anilines is 1. The molecule has 4 aliphatic carbocycles. The molecule has 2 bridgehead atoms. The molecule has 7 rings (SSSR count). The molecular weight excluding hydrogens is 344 g/mol. The Morgan fingerprint density at radius 2 is 1.42 bits per heavy atom. The monoisotopic (exact) mass is 360 g/mol. The van der Waals surface area contributed by atoms with Gasteiger partial charge in [-0.3, -0.25) is 9.59 Å². The van der Waals surface area contributed by atoms with E-state index in [9.17, 15) is 9.59 Å². The van der Waals surface area contributed by atoms with Crippen LogP contribution in [0.1, 0.15) is 23.0 Å². The Labute approximate surface area is 154 Å². The molecular formula is C21H16N2O2S. The average molecular weight is 360 g/mol. The van der Waals surface area contributed by atoms with Crippen LogP contribution in [-0.4, -0.2) is 16.8 Å². The van der Waals surface area contributed by atoms with Gasteiger partial charge >= 0.3 is 0 Å². The molecule has 1 aliphatic heterocycles. The van der Waals surface area contributed by atoms with Gasteiger partial charge in [0, 0.05) is 23.4 Å². The van der Waals surface area contributed by atoms with Crippen LogP contribution >= 0.6 is 11.3 Å². The number of nitrogens with zero attached hydrogens (tertiary/aromatic N) is 2. The number of aromatic nitrogens is 1. The zero-order valence-electron chi connectivity index (χ0n) is 13.9. The fourth-order valence-corrected chi connectivity index (χ4v) is 6.39. The van der Waals surface area contributed by atoms with E-state index < -0.39 is 0 Å². The summed E-state index contributed by atoms with van der Waals surface area (Å²) in [5.41, 5.74) is 2.50. The molecule has 4 nitrogen and oxygen atoms in total. The fraction of sp³-hybridized carbons (Fsp3) is 0.286. The van der Waals surface area contributed by atoms with Crippen molar-refractivity contribution in [3.8, 4) is 0 Å². The third-order valence-corrected chi connectivity index (χ3v) is 7.30. The van der Waals surface area contributed by atoms with Gasteiger partial charge in [0.05, 0.1) is 11.8 Å². The third-order valence-electron chi connectivity index (χ3n) is 6.55. The molecule has 6 atom stereocenters. The summed E-state index contributed by atoms with van der Waals surface area (Å²) < 4.78 is 0. The van der Waals surface area contributed by atoms with Crippen LogP contribution in [0.15, 0.2) is 60.1 Å². The van der Waals surface area contributed by atoms with E-state index in [1.54, 1.807) is 6.20 Å². The van der Waals surface area contributed by atoms with Crippen molar-refractivity contribution in [2.24, 2.45) is 23.7 Å². The molecule has 1 saturated heterocycles. The highest BCUT2D eigenvalue weighted by Gasteiger charge is 2.65. The maximum Gasteiger partial charge on any atom is 0.240 e. The number of hydrogen-bond donors (Lipinski definition) is 0. The number of imide groups is 1. The number of thiazole rings is 1. The van der Waals surface area contributed by atoms with Gasteiger partial charge in [-0.05, 0) is 23.0 Å². The second-order valence-electron chi connectivity index (χ2n) is 7.48. The van der Waals surface area contributed by atoms with Crippen LogP contribution in [0.3, 0.4) is 0 Å². The van der Waals surface area contributed by atoms with Gasteiger partial charge in [0.2, 0.25) is 11.8 Å². The summed E-state index contributed by atoms with van der Waals surface area (Å²) in [5.74, 6) is 0.0139. The van der Waals surface area contributed by atoms with Crippen molar-refractivity contribution in [3.63, 3.8) is 0 Å². The number of hydrogen-bond acceptors (Lipinski definition) is 4. The Kier molecular flexibility index (Phi) is 2.82. The number of benzene rings is 1. The van der Waals surface area contributed by atoms with Crippen molar-refractivity contribution in [2.45, 2.75) is 11.8 Å². The van der Waals surface area contributed by atoms with Crippen molar-refractivity contribution < 1.29 is 9.59 Å². The first-order valence-electron chi connectivity index (χ1n) is 8.98. The van der Waals surface area contributed by atoms with Crippen LogP contribution in [0, 0.1) is 23.7 Å². The quantitative estimate of drug-likeness (QED) is 0.732. The lowest BCUT2D eigenvalue weighted by molar-refractivity contribution is -0.125. The van der Waals surface area contributed by atoms with Gasteiger partial charge in [0.25, 0.3) is 0 Å². The molecule has 1 saturated carbocycles. The van der Waals surface area contributed by atoms with E-state index in [-0.39, 0.29) is 47.3 Å². The minimum absolute atomic E-state index is 0.0637. The van der Waals surface area contributed by atoms with Gasteiger partial charge in [-0.1, -0.05) is 48.6 Å². The molecule has 0 spiro atoms. The smallest absolute Gasteiger partial charge is 0.240 e. The van der Waals surface area contributed by atoms with E-state index >= 15 is 0 Å². The summed E-state index contributed by atoms with van der Waals surface area (Å²) in [6.45, 7) is 0. The Bertz CT molecular complexity index is 930. The zero-order chi connectivity index (χ0) is 17.4. The van der Waals surface area contributed by atoms with Gasteiger partial charge in [-0.15, -0.1) is 11.3 Å². The van der Waals surface area contributed by atoms with E-state index in [2.05, 4.69) is 41.4 Å². The highest BCUT2D eigenvalue weighted by molar-refractivity contribution is 7.14. The molecule has 2 aromatic rings. The average Bonchev–Trinajstić information content (AvgIpc) is 3.29. The first kappa shape index (κ1) is 14.6. The predicted octanol–water partition coefficient (Wildman–Crippen LogP) is 3.50. The van der Waals surface area contributed by atoms with Crippen LogP contribution < -0.4 is 4.90 Å². The minimum Gasteiger partial charge on any atom is -0.274 e. The summed E-state index contributed by atoms with van der Waals surface area (Å²) in [6, 6.07) is 8.39. The molecule has 2 heterocycles. The molecule has 1 aromatic carbocycles. The Hall–Kier alpha value is -2.53. The second-order valence-corrected chi connectivity index (χ2v) is 8.36. The van der Waals surface area contributed by atoms with Crippen LogP contribution in [0.2, 0.25) is 0 Å². The summed E-state index contributed by atoms with van der Waals surface area (Å²) in [7, 11) is 0. The molecule has 26 heavy (non-hydrogen) atoms. The number of carbonyl (C=O) groups excluding carboxylic acids is 2. The molecule has 128 valence electrons. The van der Waals surface area contributed by atoms with Gasteiger partial charge in [0.15, 0.2) is 5.13 Å². The molecule has 0 radical (unpaired) electrons. The first-order chi connectivity index (χ1) is 12.8. The van der Waals surface area contributed by atoms with Crippen molar-refractivity contribution in [1.29, 1.82) is 0 Å². The lowest BCUT2D eigenvalue weighted by Gasteiger charge is -2.53. The highest BCUT2D eigenvalue weighted by Crippen LogP contribution is 2.64. The topological polar surface area (TPSA) is 50.3 Å². The van der Waals surface area contributed by atoms with Gasteiger partial charge in [-0.25, -0.2) is 9.88 Å². The van der Waals surface area contributed by atoms with Crippen molar-refractivity contribution in [1.82, 2.24) is 4.98 Å². The number of amides is 2. The predicted molar refractivity (Wildman–Crippen MR) is 98.8 cm³/mol. The normalized spacial score (nSPS) is 36.2. The van der Waals surface area contributed by atoms with Gasteiger partial charge in [-0.2, -0.15) is 0 Å². The van der Waals surface area contributed by atoms with Crippen LogP contribution in [0.25, 0.3) is 0 Å². The van der Waals surface area contributed by atoms with Crippen molar-refractivity contribution in [2.75, 3.05) is 4.90 Å². The van der Waals surface area contributed by atoms with Gasteiger partial charge < -0.3 is 0 Å². The van der Waals surface area contributed by atoms with Crippen molar-refractivity contribution >= 4 is 28.3 Å². The molecule has 5 aliphatic rings. The molecule has 2 fully saturated rings. The number of rotatable bonds is 1. The lowest BCUT2D eigenvalue weighted by Crippen LogP contribution is -2.49.